The highest BCUT2D eigenvalue weighted by Crippen LogP contribution is 2.32. The minimum absolute atomic E-state index is 0.0517. The first-order valence-corrected chi connectivity index (χ1v) is 8.88. The molecule has 2 aliphatic rings. The van der Waals surface area contributed by atoms with Crippen molar-refractivity contribution in [1.82, 2.24) is 8.61 Å². The van der Waals surface area contributed by atoms with Crippen molar-refractivity contribution in [1.29, 1.82) is 0 Å². The average molecular weight is 311 g/mol. The van der Waals surface area contributed by atoms with Gasteiger partial charge < -0.3 is 4.74 Å². The Bertz CT molecular complexity index is 386. The molecule has 0 radical (unpaired) electrons. The summed E-state index contributed by atoms with van der Waals surface area (Å²) in [7, 11) is -1.79. The number of halogens is 1. The van der Waals surface area contributed by atoms with Crippen molar-refractivity contribution in [2.45, 2.75) is 44.2 Å². The van der Waals surface area contributed by atoms with Crippen LogP contribution in [0.4, 0.5) is 0 Å². The lowest BCUT2D eigenvalue weighted by molar-refractivity contribution is 0.169. The molecule has 2 rings (SSSR count). The van der Waals surface area contributed by atoms with Gasteiger partial charge in [-0.15, -0.1) is 11.6 Å². The zero-order chi connectivity index (χ0) is 13.9. The molecule has 0 amide bonds. The Balaban J connectivity index is 2.12. The van der Waals surface area contributed by atoms with E-state index >= 15 is 0 Å². The predicted octanol–water partition coefficient (Wildman–Crippen LogP) is 1.44. The van der Waals surface area contributed by atoms with E-state index in [-0.39, 0.29) is 12.1 Å². The van der Waals surface area contributed by atoms with Crippen LogP contribution in [0.15, 0.2) is 0 Å². The summed E-state index contributed by atoms with van der Waals surface area (Å²) in [5, 5.41) is 0. The number of rotatable bonds is 7. The maximum absolute atomic E-state index is 12.8. The lowest BCUT2D eigenvalue weighted by Gasteiger charge is -2.37. The lowest BCUT2D eigenvalue weighted by Crippen LogP contribution is -2.52. The number of nitrogens with zero attached hydrogens (tertiary/aromatic N) is 2. The van der Waals surface area contributed by atoms with Gasteiger partial charge in [-0.3, -0.25) is 0 Å². The van der Waals surface area contributed by atoms with Crippen LogP contribution in [0.3, 0.4) is 0 Å². The molecule has 1 heterocycles. The SMILES string of the molecule is COCCN(C1CC1)S(=O)(=O)N1CCCCC1CCl. The minimum atomic E-state index is -3.39. The Labute approximate surface area is 121 Å². The largest absolute Gasteiger partial charge is 0.383 e. The third-order valence-electron chi connectivity index (χ3n) is 3.81. The van der Waals surface area contributed by atoms with Gasteiger partial charge in [-0.2, -0.15) is 17.0 Å². The second kappa shape index (κ2) is 6.72. The van der Waals surface area contributed by atoms with E-state index in [0.29, 0.717) is 25.6 Å². The van der Waals surface area contributed by atoms with Crippen molar-refractivity contribution in [2.75, 3.05) is 32.7 Å². The van der Waals surface area contributed by atoms with Gasteiger partial charge in [0, 0.05) is 38.2 Å². The highest BCUT2D eigenvalue weighted by atomic mass is 35.5. The number of piperidine rings is 1. The molecule has 1 saturated heterocycles. The molecule has 5 nitrogen and oxygen atoms in total. The molecule has 0 aromatic rings. The maximum Gasteiger partial charge on any atom is 0.282 e. The highest BCUT2D eigenvalue weighted by Gasteiger charge is 2.42. The van der Waals surface area contributed by atoms with Crippen molar-refractivity contribution >= 4 is 21.8 Å². The van der Waals surface area contributed by atoms with Crippen LogP contribution in [0.1, 0.15) is 32.1 Å². The fourth-order valence-electron chi connectivity index (χ4n) is 2.60. The van der Waals surface area contributed by atoms with Gasteiger partial charge in [0.05, 0.1) is 6.61 Å². The zero-order valence-electron chi connectivity index (χ0n) is 11.4. The predicted molar refractivity (Wildman–Crippen MR) is 75.6 cm³/mol. The number of methoxy groups -OCH3 is 1. The summed E-state index contributed by atoms with van der Waals surface area (Å²) >= 11 is 5.94. The zero-order valence-corrected chi connectivity index (χ0v) is 13.0. The molecule has 1 unspecified atom stereocenters. The van der Waals surface area contributed by atoms with E-state index in [4.69, 9.17) is 16.3 Å². The maximum atomic E-state index is 12.8. The van der Waals surface area contributed by atoms with Gasteiger partial charge in [-0.25, -0.2) is 0 Å². The van der Waals surface area contributed by atoms with Crippen molar-refractivity contribution < 1.29 is 13.2 Å². The van der Waals surface area contributed by atoms with E-state index in [0.717, 1.165) is 32.1 Å². The van der Waals surface area contributed by atoms with Crippen LogP contribution in [0.2, 0.25) is 0 Å². The smallest absolute Gasteiger partial charge is 0.282 e. The highest BCUT2D eigenvalue weighted by molar-refractivity contribution is 7.86. The van der Waals surface area contributed by atoms with Crippen molar-refractivity contribution in [3.05, 3.63) is 0 Å². The normalized spacial score (nSPS) is 25.9. The minimum Gasteiger partial charge on any atom is -0.383 e. The number of hydrogen-bond acceptors (Lipinski definition) is 3. The van der Waals surface area contributed by atoms with Crippen LogP contribution in [0.5, 0.6) is 0 Å². The first-order valence-electron chi connectivity index (χ1n) is 6.94. The summed E-state index contributed by atoms with van der Waals surface area (Å²) in [6.45, 7) is 1.47. The van der Waals surface area contributed by atoms with Gasteiger partial charge in [0.1, 0.15) is 0 Å². The van der Waals surface area contributed by atoms with Crippen LogP contribution < -0.4 is 0 Å². The molecule has 1 aliphatic carbocycles. The summed E-state index contributed by atoms with van der Waals surface area (Å²) in [6, 6.07) is 0.113. The quantitative estimate of drug-likeness (QED) is 0.669. The topological polar surface area (TPSA) is 49.9 Å². The summed E-state index contributed by atoms with van der Waals surface area (Å²) < 4.78 is 33.8. The molecule has 1 aliphatic heterocycles. The van der Waals surface area contributed by atoms with Gasteiger partial charge in [-0.05, 0) is 25.7 Å². The molecule has 0 aromatic carbocycles. The van der Waals surface area contributed by atoms with E-state index in [1.807, 2.05) is 0 Å². The van der Waals surface area contributed by atoms with Crippen LogP contribution in [0.25, 0.3) is 0 Å². The van der Waals surface area contributed by atoms with Crippen LogP contribution in [-0.2, 0) is 14.9 Å². The fraction of sp³-hybridized carbons (Fsp3) is 1.00. The standard InChI is InChI=1S/C12H23ClN2O3S/c1-18-9-8-15(11-5-6-11)19(16,17)14-7-3-2-4-12(14)10-13/h11-12H,2-10H2,1H3. The van der Waals surface area contributed by atoms with E-state index in [1.165, 1.54) is 0 Å². The fourth-order valence-corrected chi connectivity index (χ4v) is 5.08. The van der Waals surface area contributed by atoms with Gasteiger partial charge in [-0.1, -0.05) is 6.42 Å². The molecule has 19 heavy (non-hydrogen) atoms. The monoisotopic (exact) mass is 310 g/mol. The Hall–Kier alpha value is 0.120. The van der Waals surface area contributed by atoms with Gasteiger partial charge >= 0.3 is 0 Å². The van der Waals surface area contributed by atoms with E-state index in [9.17, 15) is 8.42 Å². The molecule has 7 heteroatoms. The van der Waals surface area contributed by atoms with E-state index in [1.54, 1.807) is 15.7 Å². The summed E-state index contributed by atoms with van der Waals surface area (Å²) in [5.41, 5.74) is 0. The van der Waals surface area contributed by atoms with Gasteiger partial charge in [0.15, 0.2) is 0 Å². The Morgan fingerprint density at radius 2 is 2.05 bits per heavy atom. The molecule has 0 spiro atoms. The summed E-state index contributed by atoms with van der Waals surface area (Å²) in [5.74, 6) is 0.377. The molecule has 2 fully saturated rings. The van der Waals surface area contributed by atoms with Gasteiger partial charge in [0.2, 0.25) is 0 Å². The molecule has 112 valence electrons. The Morgan fingerprint density at radius 3 is 2.63 bits per heavy atom. The van der Waals surface area contributed by atoms with Crippen molar-refractivity contribution in [3.63, 3.8) is 0 Å². The molecule has 0 bridgehead atoms. The van der Waals surface area contributed by atoms with E-state index in [2.05, 4.69) is 0 Å². The summed E-state index contributed by atoms with van der Waals surface area (Å²) in [4.78, 5) is 0. The third kappa shape index (κ3) is 3.61. The second-order valence-electron chi connectivity index (χ2n) is 5.26. The number of alkyl halides is 1. The first-order chi connectivity index (χ1) is 9.11. The lowest BCUT2D eigenvalue weighted by atomic mass is 10.1. The van der Waals surface area contributed by atoms with Crippen molar-refractivity contribution in [3.8, 4) is 0 Å². The van der Waals surface area contributed by atoms with Crippen LogP contribution >= 0.6 is 11.6 Å². The van der Waals surface area contributed by atoms with Crippen LogP contribution in [-0.4, -0.2) is 61.8 Å². The Morgan fingerprint density at radius 1 is 1.32 bits per heavy atom. The average Bonchev–Trinajstić information content (AvgIpc) is 3.23. The van der Waals surface area contributed by atoms with E-state index < -0.39 is 10.2 Å². The molecule has 0 aromatic heterocycles. The molecule has 1 atom stereocenters. The van der Waals surface area contributed by atoms with Crippen LogP contribution in [0, 0.1) is 0 Å². The van der Waals surface area contributed by atoms with Crippen molar-refractivity contribution in [2.24, 2.45) is 0 Å². The summed E-state index contributed by atoms with van der Waals surface area (Å²) in [6.07, 6.45) is 4.77. The van der Waals surface area contributed by atoms with Gasteiger partial charge in [0.25, 0.3) is 10.2 Å². The molecular formula is C12H23ClN2O3S. The number of hydrogen-bond donors (Lipinski definition) is 0. The number of ether oxygens (including phenoxy) is 1. The Kier molecular flexibility index (Phi) is 5.48. The third-order valence-corrected chi connectivity index (χ3v) is 6.32. The molecule has 0 N–H and O–H groups in total. The molecule has 1 saturated carbocycles. The molecular weight excluding hydrogens is 288 g/mol. The second-order valence-corrected chi connectivity index (χ2v) is 7.40. The first kappa shape index (κ1) is 15.5.